The maximum absolute atomic E-state index is 10.8. The van der Waals surface area contributed by atoms with Crippen molar-refractivity contribution in [3.05, 3.63) is 33.9 Å². The Kier molecular flexibility index (Phi) is 3.52. The Bertz CT molecular complexity index is 454. The summed E-state index contributed by atoms with van der Waals surface area (Å²) < 4.78 is 0. The normalized spacial score (nSPS) is 17.7. The number of nitrogens with one attached hydrogen (secondary N) is 1. The van der Waals surface area contributed by atoms with Crippen LogP contribution in [0.1, 0.15) is 31.2 Å². The molecule has 0 atom stereocenters. The summed E-state index contributed by atoms with van der Waals surface area (Å²) in [5, 5.41) is 23.6. The molecule has 1 fully saturated rings. The van der Waals surface area contributed by atoms with E-state index in [-0.39, 0.29) is 17.8 Å². The number of hydrogen-bond acceptors (Lipinski definition) is 4. The van der Waals surface area contributed by atoms with Gasteiger partial charge < -0.3 is 10.4 Å². The lowest BCUT2D eigenvalue weighted by molar-refractivity contribution is -0.384. The number of aryl methyl sites for hydroxylation is 1. The number of rotatable bonds is 4. The van der Waals surface area contributed by atoms with E-state index in [1.54, 1.807) is 6.07 Å². The molecule has 0 aliphatic heterocycles. The number of aliphatic hydroxyl groups is 1. The average Bonchev–Trinajstić information content (AvgIpc) is 2.77. The molecule has 0 saturated heterocycles. The van der Waals surface area contributed by atoms with Crippen LogP contribution in [0.2, 0.25) is 0 Å². The Hall–Kier alpha value is -1.62. The summed E-state index contributed by atoms with van der Waals surface area (Å²) in [7, 11) is 0. The van der Waals surface area contributed by atoms with Gasteiger partial charge in [-0.05, 0) is 31.4 Å². The third kappa shape index (κ3) is 2.61. The monoisotopic (exact) mass is 250 g/mol. The molecule has 0 amide bonds. The molecule has 2 rings (SSSR count). The van der Waals surface area contributed by atoms with Gasteiger partial charge in [0.1, 0.15) is 0 Å². The first-order valence-electron chi connectivity index (χ1n) is 6.20. The van der Waals surface area contributed by atoms with E-state index in [0.717, 1.165) is 36.9 Å². The minimum Gasteiger partial charge on any atom is -0.394 e. The van der Waals surface area contributed by atoms with Crippen molar-refractivity contribution in [2.24, 2.45) is 0 Å². The van der Waals surface area contributed by atoms with Gasteiger partial charge in [-0.2, -0.15) is 0 Å². The molecule has 0 spiro atoms. The zero-order valence-corrected chi connectivity index (χ0v) is 10.5. The third-order valence-corrected chi connectivity index (χ3v) is 3.55. The predicted octanol–water partition coefficient (Wildman–Crippen LogP) is 2.62. The zero-order chi connectivity index (χ0) is 13.2. The summed E-state index contributed by atoms with van der Waals surface area (Å²) in [4.78, 5) is 10.4. The molecule has 0 aromatic heterocycles. The lowest BCUT2D eigenvalue weighted by Gasteiger charge is -2.29. The quantitative estimate of drug-likeness (QED) is 0.636. The Morgan fingerprint density at radius 1 is 1.39 bits per heavy atom. The highest BCUT2D eigenvalue weighted by Gasteiger charge is 2.33. The van der Waals surface area contributed by atoms with Crippen LogP contribution < -0.4 is 5.32 Å². The first kappa shape index (κ1) is 12.8. The van der Waals surface area contributed by atoms with Crippen molar-refractivity contribution in [1.29, 1.82) is 0 Å². The van der Waals surface area contributed by atoms with Crippen molar-refractivity contribution in [3.8, 4) is 0 Å². The highest BCUT2D eigenvalue weighted by molar-refractivity contribution is 5.55. The van der Waals surface area contributed by atoms with Crippen LogP contribution in [0.15, 0.2) is 18.2 Å². The van der Waals surface area contributed by atoms with Crippen molar-refractivity contribution in [2.45, 2.75) is 38.1 Å². The van der Waals surface area contributed by atoms with Crippen molar-refractivity contribution in [3.63, 3.8) is 0 Å². The summed E-state index contributed by atoms with van der Waals surface area (Å²) >= 11 is 0. The second-order valence-corrected chi connectivity index (χ2v) is 5.08. The second kappa shape index (κ2) is 4.94. The predicted molar refractivity (Wildman–Crippen MR) is 69.7 cm³/mol. The molecule has 0 radical (unpaired) electrons. The number of aliphatic hydroxyl groups excluding tert-OH is 1. The second-order valence-electron chi connectivity index (χ2n) is 5.08. The van der Waals surface area contributed by atoms with Gasteiger partial charge in [0.25, 0.3) is 5.69 Å². The van der Waals surface area contributed by atoms with Crippen molar-refractivity contribution >= 4 is 11.4 Å². The molecule has 18 heavy (non-hydrogen) atoms. The maximum atomic E-state index is 10.8. The van der Waals surface area contributed by atoms with E-state index in [2.05, 4.69) is 5.32 Å². The van der Waals surface area contributed by atoms with Crippen molar-refractivity contribution < 1.29 is 10.0 Å². The molecule has 1 aliphatic carbocycles. The van der Waals surface area contributed by atoms with Gasteiger partial charge in [0.15, 0.2) is 0 Å². The molecule has 5 nitrogen and oxygen atoms in total. The smallest absolute Gasteiger partial charge is 0.271 e. The highest BCUT2D eigenvalue weighted by Crippen LogP contribution is 2.33. The number of benzene rings is 1. The van der Waals surface area contributed by atoms with Crippen molar-refractivity contribution in [1.82, 2.24) is 0 Å². The Balaban J connectivity index is 2.25. The molecule has 0 heterocycles. The van der Waals surface area contributed by atoms with Gasteiger partial charge >= 0.3 is 0 Å². The number of anilines is 1. The number of nitro benzene ring substituents is 1. The molecule has 2 N–H and O–H groups in total. The topological polar surface area (TPSA) is 75.4 Å². The molecule has 0 bridgehead atoms. The van der Waals surface area contributed by atoms with Crippen LogP contribution in [0.4, 0.5) is 11.4 Å². The maximum Gasteiger partial charge on any atom is 0.271 e. The SMILES string of the molecule is Cc1cc(NC2(CO)CCCC2)cc([N+](=O)[O-])c1. The van der Waals surface area contributed by atoms with Gasteiger partial charge in [-0.25, -0.2) is 0 Å². The average molecular weight is 250 g/mol. The summed E-state index contributed by atoms with van der Waals surface area (Å²) in [5.41, 5.74) is 1.35. The van der Waals surface area contributed by atoms with Crippen molar-refractivity contribution in [2.75, 3.05) is 11.9 Å². The lowest BCUT2D eigenvalue weighted by atomic mass is 9.98. The Morgan fingerprint density at radius 2 is 2.06 bits per heavy atom. The van der Waals surface area contributed by atoms with E-state index in [4.69, 9.17) is 0 Å². The van der Waals surface area contributed by atoms with E-state index in [1.165, 1.54) is 6.07 Å². The first-order valence-corrected chi connectivity index (χ1v) is 6.20. The number of hydrogen-bond donors (Lipinski definition) is 2. The molecule has 1 aromatic rings. The fourth-order valence-corrected chi connectivity index (χ4v) is 2.62. The van der Waals surface area contributed by atoms with E-state index < -0.39 is 4.92 Å². The largest absolute Gasteiger partial charge is 0.394 e. The van der Waals surface area contributed by atoms with E-state index in [1.807, 2.05) is 13.0 Å². The van der Waals surface area contributed by atoms with Crippen LogP contribution in [0.3, 0.4) is 0 Å². The molecule has 1 aromatic carbocycles. The molecule has 1 aliphatic rings. The van der Waals surface area contributed by atoms with Crippen LogP contribution in [0.25, 0.3) is 0 Å². The summed E-state index contributed by atoms with van der Waals surface area (Å²) in [6, 6.07) is 4.96. The summed E-state index contributed by atoms with van der Waals surface area (Å²) in [6.07, 6.45) is 3.99. The van der Waals surface area contributed by atoms with Gasteiger partial charge in [0, 0.05) is 17.8 Å². The van der Waals surface area contributed by atoms with Gasteiger partial charge in [-0.15, -0.1) is 0 Å². The minimum atomic E-state index is -0.390. The van der Waals surface area contributed by atoms with Gasteiger partial charge in [-0.3, -0.25) is 10.1 Å². The molecular weight excluding hydrogens is 232 g/mol. The van der Waals surface area contributed by atoms with Gasteiger partial charge in [0.2, 0.25) is 0 Å². The van der Waals surface area contributed by atoms with Crippen LogP contribution >= 0.6 is 0 Å². The van der Waals surface area contributed by atoms with E-state index in [9.17, 15) is 15.2 Å². The molecule has 5 heteroatoms. The fourth-order valence-electron chi connectivity index (χ4n) is 2.62. The van der Waals surface area contributed by atoms with Gasteiger partial charge in [0.05, 0.1) is 17.1 Å². The summed E-state index contributed by atoms with van der Waals surface area (Å²) in [5.74, 6) is 0. The first-order chi connectivity index (χ1) is 8.54. The number of non-ortho nitro benzene ring substituents is 1. The fraction of sp³-hybridized carbons (Fsp3) is 0.538. The number of nitrogens with zero attached hydrogens (tertiary/aromatic N) is 1. The standard InChI is InChI=1S/C13H18N2O3/c1-10-6-11(8-12(7-10)15(17)18)14-13(9-16)4-2-3-5-13/h6-8,14,16H,2-5,9H2,1H3. The van der Waals surface area contributed by atoms with E-state index >= 15 is 0 Å². The highest BCUT2D eigenvalue weighted by atomic mass is 16.6. The Labute approximate surface area is 106 Å². The third-order valence-electron chi connectivity index (χ3n) is 3.55. The molecule has 98 valence electrons. The van der Waals surface area contributed by atoms with Crippen LogP contribution in [0, 0.1) is 17.0 Å². The number of nitro groups is 1. The van der Waals surface area contributed by atoms with E-state index in [0.29, 0.717) is 0 Å². The zero-order valence-electron chi connectivity index (χ0n) is 10.5. The van der Waals surface area contributed by atoms with Crippen LogP contribution in [-0.4, -0.2) is 22.2 Å². The molecular formula is C13H18N2O3. The van der Waals surface area contributed by atoms with Gasteiger partial charge in [-0.1, -0.05) is 12.8 Å². The summed E-state index contributed by atoms with van der Waals surface area (Å²) in [6.45, 7) is 1.90. The lowest BCUT2D eigenvalue weighted by Crippen LogP contribution is -2.39. The van der Waals surface area contributed by atoms with Crippen LogP contribution in [-0.2, 0) is 0 Å². The minimum absolute atomic E-state index is 0.0642. The Morgan fingerprint density at radius 3 is 2.61 bits per heavy atom. The molecule has 0 unspecified atom stereocenters. The van der Waals surface area contributed by atoms with Crippen LogP contribution in [0.5, 0.6) is 0 Å². The molecule has 1 saturated carbocycles.